The largest absolute Gasteiger partial charge is 0.379 e. The lowest BCUT2D eigenvalue weighted by Gasteiger charge is -2.08. The van der Waals surface area contributed by atoms with Crippen LogP contribution in [0.4, 0.5) is 4.39 Å². The smallest absolute Gasteiger partial charge is 0.339 e. The fraction of sp³-hybridized carbons (Fsp3) is 0. The molecule has 3 aromatic rings. The van der Waals surface area contributed by atoms with Gasteiger partial charge in [0.25, 0.3) is 0 Å². The van der Waals surface area contributed by atoms with E-state index in [0.29, 0.717) is 5.56 Å². The summed E-state index contributed by atoms with van der Waals surface area (Å²) < 4.78 is 42.7. The highest BCUT2D eigenvalue weighted by atomic mass is 35.5. The van der Waals surface area contributed by atoms with Crippen LogP contribution in [-0.2, 0) is 10.1 Å². The fourth-order valence-corrected chi connectivity index (χ4v) is 3.59. The van der Waals surface area contributed by atoms with Crippen LogP contribution < -0.4 is 4.18 Å². The van der Waals surface area contributed by atoms with Crippen molar-refractivity contribution in [2.45, 2.75) is 4.90 Å². The first-order valence-corrected chi connectivity index (χ1v) is 9.63. The number of ketones is 1. The molecule has 0 amide bonds. The molecule has 3 rings (SSSR count). The van der Waals surface area contributed by atoms with E-state index in [9.17, 15) is 17.6 Å². The zero-order chi connectivity index (χ0) is 20.3. The van der Waals surface area contributed by atoms with Gasteiger partial charge in [-0.2, -0.15) is 13.7 Å². The first kappa shape index (κ1) is 19.5. The second-order valence-corrected chi connectivity index (χ2v) is 7.60. The standard InChI is InChI=1S/C20H11ClFNO4S/c21-19-11-18(10-5-15(19)12-23)28(25,26)27-17-8-3-14(4-9-17)20(24)13-1-6-16(22)7-2-13/h1-11H. The number of nitrogens with zero attached hydrogens (tertiary/aromatic N) is 1. The molecule has 0 aliphatic heterocycles. The van der Waals surface area contributed by atoms with Gasteiger partial charge < -0.3 is 4.18 Å². The Labute approximate surface area is 165 Å². The summed E-state index contributed by atoms with van der Waals surface area (Å²) in [6, 6.07) is 16.0. The van der Waals surface area contributed by atoms with Crippen LogP contribution >= 0.6 is 11.6 Å². The second-order valence-electron chi connectivity index (χ2n) is 5.65. The number of carbonyl (C=O) groups excluding carboxylic acids is 1. The van der Waals surface area contributed by atoms with Crippen LogP contribution in [0.1, 0.15) is 21.5 Å². The third-order valence-corrected chi connectivity index (χ3v) is 5.33. The molecule has 0 spiro atoms. The summed E-state index contributed by atoms with van der Waals surface area (Å²) in [4.78, 5) is 12.1. The minimum atomic E-state index is -4.17. The molecular weight excluding hydrogens is 405 g/mol. The number of rotatable bonds is 5. The topological polar surface area (TPSA) is 84.2 Å². The van der Waals surface area contributed by atoms with Crippen LogP contribution in [0.15, 0.2) is 71.6 Å². The summed E-state index contributed by atoms with van der Waals surface area (Å²) in [5.41, 5.74) is 0.733. The van der Waals surface area contributed by atoms with Crippen molar-refractivity contribution in [1.82, 2.24) is 0 Å². The molecular formula is C20H11ClFNO4S. The van der Waals surface area contributed by atoms with Gasteiger partial charge in [0.15, 0.2) is 5.78 Å². The maximum Gasteiger partial charge on any atom is 0.339 e. The molecule has 0 fully saturated rings. The van der Waals surface area contributed by atoms with Crippen LogP contribution in [0.25, 0.3) is 0 Å². The van der Waals surface area contributed by atoms with Gasteiger partial charge in [0.2, 0.25) is 0 Å². The molecule has 0 N–H and O–H groups in total. The lowest BCUT2D eigenvalue weighted by molar-refractivity contribution is 0.103. The minimum Gasteiger partial charge on any atom is -0.379 e. The molecule has 0 aliphatic rings. The van der Waals surface area contributed by atoms with Crippen molar-refractivity contribution in [3.05, 3.63) is 94.3 Å². The Bertz CT molecular complexity index is 1180. The first-order chi connectivity index (χ1) is 13.3. The Balaban J connectivity index is 1.80. The predicted molar refractivity (Wildman–Crippen MR) is 100 cm³/mol. The molecule has 8 heteroatoms. The van der Waals surface area contributed by atoms with Crippen molar-refractivity contribution >= 4 is 27.5 Å². The highest BCUT2D eigenvalue weighted by molar-refractivity contribution is 7.87. The van der Waals surface area contributed by atoms with E-state index in [1.807, 2.05) is 6.07 Å². The summed E-state index contributed by atoms with van der Waals surface area (Å²) >= 11 is 5.86. The molecule has 0 aliphatic carbocycles. The average Bonchev–Trinajstić information content (AvgIpc) is 2.68. The lowest BCUT2D eigenvalue weighted by Crippen LogP contribution is -2.10. The molecule has 0 bridgehead atoms. The Morgan fingerprint density at radius 1 is 0.964 bits per heavy atom. The summed E-state index contributed by atoms with van der Waals surface area (Å²) in [5.74, 6) is -0.794. The summed E-state index contributed by atoms with van der Waals surface area (Å²) in [5, 5.41) is 8.85. The molecule has 0 aromatic heterocycles. The van der Waals surface area contributed by atoms with Crippen molar-refractivity contribution in [2.24, 2.45) is 0 Å². The van der Waals surface area contributed by atoms with E-state index >= 15 is 0 Å². The zero-order valence-corrected chi connectivity index (χ0v) is 15.7. The molecule has 5 nitrogen and oxygen atoms in total. The van der Waals surface area contributed by atoms with Crippen LogP contribution in [-0.4, -0.2) is 14.2 Å². The van der Waals surface area contributed by atoms with E-state index in [1.54, 1.807) is 0 Å². The van der Waals surface area contributed by atoms with E-state index in [4.69, 9.17) is 21.0 Å². The van der Waals surface area contributed by atoms with Crippen LogP contribution in [0, 0.1) is 17.1 Å². The second kappa shape index (κ2) is 7.80. The SMILES string of the molecule is N#Cc1ccc(S(=O)(=O)Oc2ccc(C(=O)c3ccc(F)cc3)cc2)cc1Cl. The molecule has 140 valence electrons. The summed E-state index contributed by atoms with van der Waals surface area (Å²) in [6.45, 7) is 0. The Morgan fingerprint density at radius 2 is 1.54 bits per heavy atom. The van der Waals surface area contributed by atoms with Gasteiger partial charge in [-0.1, -0.05) is 11.6 Å². The minimum absolute atomic E-state index is 0.00358. The number of carbonyl (C=O) groups is 1. The van der Waals surface area contributed by atoms with Gasteiger partial charge in [0.05, 0.1) is 10.6 Å². The van der Waals surface area contributed by atoms with Gasteiger partial charge in [0, 0.05) is 11.1 Å². The average molecular weight is 416 g/mol. The van der Waals surface area contributed by atoms with Gasteiger partial charge in [-0.15, -0.1) is 0 Å². The molecule has 0 radical (unpaired) electrons. The fourth-order valence-electron chi connectivity index (χ4n) is 2.35. The van der Waals surface area contributed by atoms with Gasteiger partial charge in [-0.3, -0.25) is 4.79 Å². The number of hydrogen-bond donors (Lipinski definition) is 0. The zero-order valence-electron chi connectivity index (χ0n) is 14.1. The van der Waals surface area contributed by atoms with Crippen LogP contribution in [0.3, 0.4) is 0 Å². The van der Waals surface area contributed by atoms with Crippen molar-refractivity contribution in [2.75, 3.05) is 0 Å². The van der Waals surface area contributed by atoms with Gasteiger partial charge in [-0.25, -0.2) is 4.39 Å². The number of benzene rings is 3. The number of hydrogen-bond acceptors (Lipinski definition) is 5. The normalized spacial score (nSPS) is 10.9. The Kier molecular flexibility index (Phi) is 5.45. The molecule has 0 atom stereocenters. The maximum atomic E-state index is 13.0. The summed E-state index contributed by atoms with van der Waals surface area (Å²) in [7, 11) is -4.17. The highest BCUT2D eigenvalue weighted by Crippen LogP contribution is 2.24. The summed E-state index contributed by atoms with van der Waals surface area (Å²) in [6.07, 6.45) is 0. The predicted octanol–water partition coefficient (Wildman–Crippen LogP) is 4.35. The van der Waals surface area contributed by atoms with E-state index < -0.39 is 15.9 Å². The Hall–Kier alpha value is -3.21. The molecule has 3 aromatic carbocycles. The van der Waals surface area contributed by atoms with Crippen LogP contribution in [0.5, 0.6) is 5.75 Å². The van der Waals surface area contributed by atoms with Crippen molar-refractivity contribution < 1.29 is 21.8 Å². The van der Waals surface area contributed by atoms with E-state index in [-0.39, 0.29) is 32.6 Å². The monoisotopic (exact) mass is 415 g/mol. The lowest BCUT2D eigenvalue weighted by atomic mass is 10.0. The Morgan fingerprint density at radius 3 is 2.07 bits per heavy atom. The maximum absolute atomic E-state index is 13.0. The van der Waals surface area contributed by atoms with Crippen molar-refractivity contribution in [3.8, 4) is 11.8 Å². The van der Waals surface area contributed by atoms with Crippen molar-refractivity contribution in [1.29, 1.82) is 5.26 Å². The third-order valence-electron chi connectivity index (χ3n) is 3.78. The van der Waals surface area contributed by atoms with Crippen LogP contribution in [0.2, 0.25) is 5.02 Å². The van der Waals surface area contributed by atoms with Crippen molar-refractivity contribution in [3.63, 3.8) is 0 Å². The third kappa shape index (κ3) is 4.19. The van der Waals surface area contributed by atoms with E-state index in [0.717, 1.165) is 6.07 Å². The van der Waals surface area contributed by atoms with Gasteiger partial charge >= 0.3 is 10.1 Å². The molecule has 0 unspecified atom stereocenters. The van der Waals surface area contributed by atoms with Gasteiger partial charge in [0.1, 0.15) is 22.5 Å². The molecule has 28 heavy (non-hydrogen) atoms. The quantitative estimate of drug-likeness (QED) is 0.457. The van der Waals surface area contributed by atoms with E-state index in [2.05, 4.69) is 0 Å². The highest BCUT2D eigenvalue weighted by Gasteiger charge is 2.19. The number of halogens is 2. The molecule has 0 saturated carbocycles. The first-order valence-electron chi connectivity index (χ1n) is 7.84. The molecule has 0 heterocycles. The number of nitriles is 1. The molecule has 0 saturated heterocycles. The van der Waals surface area contributed by atoms with E-state index in [1.165, 1.54) is 60.7 Å². The van der Waals surface area contributed by atoms with Gasteiger partial charge in [-0.05, 0) is 66.7 Å².